The van der Waals surface area contributed by atoms with E-state index in [0.717, 1.165) is 0 Å². The minimum Gasteiger partial charge on any atom is -0.367 e. The van der Waals surface area contributed by atoms with Crippen molar-refractivity contribution >= 4 is 5.69 Å². The predicted molar refractivity (Wildman–Crippen MR) is 72.5 cm³/mol. The number of nitrogens with zero attached hydrogens (tertiary/aromatic N) is 2. The second-order valence-corrected chi connectivity index (χ2v) is 5.00. The average Bonchev–Trinajstić information content (AvgIpc) is 2.38. The van der Waals surface area contributed by atoms with Gasteiger partial charge < -0.3 is 10.2 Å². The minimum absolute atomic E-state index is 0.530. The Hall–Kier alpha value is -1.09. The van der Waals surface area contributed by atoms with Crippen LogP contribution in [0, 0.1) is 6.92 Å². The molecule has 1 fully saturated rings. The molecule has 94 valence electrons. The highest BCUT2D eigenvalue weighted by atomic mass is 15.2. The maximum absolute atomic E-state index is 4.19. The normalized spacial score (nSPS) is 22.5. The largest absolute Gasteiger partial charge is 0.367 e. The Morgan fingerprint density at radius 2 is 2.29 bits per heavy atom. The summed E-state index contributed by atoms with van der Waals surface area (Å²) in [6.45, 7) is 5.60. The van der Waals surface area contributed by atoms with Crippen molar-refractivity contribution in [3.8, 4) is 0 Å². The van der Waals surface area contributed by atoms with E-state index in [0.29, 0.717) is 12.1 Å². The predicted octanol–water partition coefficient (Wildman–Crippen LogP) is 2.36. The highest BCUT2D eigenvalue weighted by Gasteiger charge is 2.27. The van der Waals surface area contributed by atoms with Gasteiger partial charge in [0.2, 0.25) is 0 Å². The molecular weight excluding hydrogens is 210 g/mol. The van der Waals surface area contributed by atoms with Gasteiger partial charge in [0.25, 0.3) is 0 Å². The van der Waals surface area contributed by atoms with Gasteiger partial charge in [0.15, 0.2) is 0 Å². The monoisotopic (exact) mass is 233 g/mol. The van der Waals surface area contributed by atoms with Gasteiger partial charge in [-0.2, -0.15) is 0 Å². The highest BCUT2D eigenvalue weighted by molar-refractivity contribution is 5.53. The summed E-state index contributed by atoms with van der Waals surface area (Å²) < 4.78 is 0. The zero-order chi connectivity index (χ0) is 12.3. The molecule has 0 saturated carbocycles. The van der Waals surface area contributed by atoms with Crippen LogP contribution in [-0.2, 0) is 0 Å². The van der Waals surface area contributed by atoms with Crippen LogP contribution in [0.15, 0.2) is 18.5 Å². The van der Waals surface area contributed by atoms with Crippen LogP contribution in [0.1, 0.15) is 31.7 Å². The van der Waals surface area contributed by atoms with Crippen molar-refractivity contribution in [1.29, 1.82) is 0 Å². The van der Waals surface area contributed by atoms with E-state index in [1.54, 1.807) is 0 Å². The fourth-order valence-corrected chi connectivity index (χ4v) is 2.76. The number of hydrogen-bond donors (Lipinski definition) is 1. The number of hydrogen-bond acceptors (Lipinski definition) is 3. The molecule has 2 unspecified atom stereocenters. The molecule has 0 bridgehead atoms. The molecule has 0 amide bonds. The van der Waals surface area contributed by atoms with Crippen molar-refractivity contribution in [1.82, 2.24) is 10.3 Å². The molecule has 1 aliphatic heterocycles. The quantitative estimate of drug-likeness (QED) is 0.868. The Kier molecular flexibility index (Phi) is 4.00. The molecular formula is C14H23N3. The first kappa shape index (κ1) is 12.4. The third-order valence-electron chi connectivity index (χ3n) is 3.88. The van der Waals surface area contributed by atoms with E-state index in [9.17, 15) is 0 Å². The molecule has 2 atom stereocenters. The summed E-state index contributed by atoms with van der Waals surface area (Å²) in [5, 5.41) is 3.40. The number of aromatic nitrogens is 1. The van der Waals surface area contributed by atoms with Crippen LogP contribution < -0.4 is 10.2 Å². The molecule has 3 heteroatoms. The van der Waals surface area contributed by atoms with Gasteiger partial charge in [0.1, 0.15) is 0 Å². The van der Waals surface area contributed by atoms with Crippen LogP contribution in [0.4, 0.5) is 5.69 Å². The van der Waals surface area contributed by atoms with Crippen LogP contribution in [0.5, 0.6) is 0 Å². The third-order valence-corrected chi connectivity index (χ3v) is 3.88. The molecule has 1 aromatic heterocycles. The van der Waals surface area contributed by atoms with Crippen molar-refractivity contribution in [2.75, 3.05) is 18.5 Å². The van der Waals surface area contributed by atoms with E-state index in [1.165, 1.54) is 37.1 Å². The molecule has 2 heterocycles. The summed E-state index contributed by atoms with van der Waals surface area (Å²) >= 11 is 0. The number of pyridine rings is 1. The van der Waals surface area contributed by atoms with E-state index in [4.69, 9.17) is 0 Å². The van der Waals surface area contributed by atoms with Crippen LogP contribution in [-0.4, -0.2) is 30.7 Å². The van der Waals surface area contributed by atoms with Gasteiger partial charge in [-0.1, -0.05) is 0 Å². The fraction of sp³-hybridized carbons (Fsp3) is 0.643. The summed E-state index contributed by atoms with van der Waals surface area (Å²) in [6.07, 6.45) is 7.79. The zero-order valence-electron chi connectivity index (χ0n) is 11.1. The second kappa shape index (κ2) is 5.50. The molecule has 2 rings (SSSR count). The summed E-state index contributed by atoms with van der Waals surface area (Å²) in [5.74, 6) is 0. The lowest BCUT2D eigenvalue weighted by atomic mass is 9.95. The molecule has 0 spiro atoms. The van der Waals surface area contributed by atoms with Gasteiger partial charge in [-0.15, -0.1) is 0 Å². The highest BCUT2D eigenvalue weighted by Crippen LogP contribution is 2.28. The van der Waals surface area contributed by atoms with E-state index in [-0.39, 0.29) is 0 Å². The summed E-state index contributed by atoms with van der Waals surface area (Å²) in [5.41, 5.74) is 2.63. The van der Waals surface area contributed by atoms with Crippen LogP contribution >= 0.6 is 0 Å². The Balaban J connectivity index is 2.25. The number of rotatable bonds is 3. The second-order valence-electron chi connectivity index (χ2n) is 5.00. The molecule has 1 aliphatic rings. The molecule has 1 saturated heterocycles. The van der Waals surface area contributed by atoms with Crippen LogP contribution in [0.2, 0.25) is 0 Å². The number of likely N-dealkylation sites (N-methyl/N-ethyl adjacent to an activating group) is 1. The maximum atomic E-state index is 4.19. The van der Waals surface area contributed by atoms with Crippen LogP contribution in [0.25, 0.3) is 0 Å². The summed E-state index contributed by atoms with van der Waals surface area (Å²) in [7, 11) is 2.05. The lowest BCUT2D eigenvalue weighted by Crippen LogP contribution is -2.50. The van der Waals surface area contributed by atoms with Gasteiger partial charge in [0.05, 0.1) is 0 Å². The molecule has 0 radical (unpaired) electrons. The molecule has 3 nitrogen and oxygen atoms in total. The van der Waals surface area contributed by atoms with Crippen molar-refractivity contribution in [3.05, 3.63) is 24.0 Å². The maximum Gasteiger partial charge on any atom is 0.0440 e. The number of nitrogens with one attached hydrogen (secondary N) is 1. The molecule has 17 heavy (non-hydrogen) atoms. The molecule has 0 aromatic carbocycles. The first-order valence-electron chi connectivity index (χ1n) is 6.58. The van der Waals surface area contributed by atoms with Crippen molar-refractivity contribution in [3.63, 3.8) is 0 Å². The van der Waals surface area contributed by atoms with Crippen LogP contribution in [0.3, 0.4) is 0 Å². The van der Waals surface area contributed by atoms with E-state index in [2.05, 4.69) is 42.2 Å². The minimum atomic E-state index is 0.530. The zero-order valence-corrected chi connectivity index (χ0v) is 11.1. The molecule has 0 aliphatic carbocycles. The summed E-state index contributed by atoms with van der Waals surface area (Å²) in [4.78, 5) is 6.74. The first-order chi connectivity index (χ1) is 8.24. The van der Waals surface area contributed by atoms with E-state index in [1.807, 2.05) is 12.4 Å². The number of piperidine rings is 1. The molecule has 1 aromatic rings. The Bertz CT molecular complexity index is 364. The fourth-order valence-electron chi connectivity index (χ4n) is 2.76. The summed E-state index contributed by atoms with van der Waals surface area (Å²) in [6, 6.07) is 3.29. The van der Waals surface area contributed by atoms with Crippen molar-refractivity contribution in [2.24, 2.45) is 0 Å². The van der Waals surface area contributed by atoms with Gasteiger partial charge >= 0.3 is 0 Å². The SMILES string of the molecule is CNC(C)C1CCCCN1c1ccncc1C. The van der Waals surface area contributed by atoms with Gasteiger partial charge in [-0.3, -0.25) is 4.98 Å². The first-order valence-corrected chi connectivity index (χ1v) is 6.58. The van der Waals surface area contributed by atoms with Crippen molar-refractivity contribution < 1.29 is 0 Å². The Morgan fingerprint density at radius 3 is 3.00 bits per heavy atom. The van der Waals surface area contributed by atoms with E-state index >= 15 is 0 Å². The Labute approximate surface area is 104 Å². The lowest BCUT2D eigenvalue weighted by Gasteiger charge is -2.41. The van der Waals surface area contributed by atoms with Gasteiger partial charge in [-0.05, 0) is 51.8 Å². The number of anilines is 1. The third kappa shape index (κ3) is 2.60. The van der Waals surface area contributed by atoms with Gasteiger partial charge in [0, 0.05) is 36.7 Å². The van der Waals surface area contributed by atoms with E-state index < -0.39 is 0 Å². The lowest BCUT2D eigenvalue weighted by molar-refractivity contribution is 0.382. The topological polar surface area (TPSA) is 28.2 Å². The van der Waals surface area contributed by atoms with Crippen molar-refractivity contribution in [2.45, 2.75) is 45.2 Å². The van der Waals surface area contributed by atoms with Gasteiger partial charge in [-0.25, -0.2) is 0 Å². The standard InChI is InChI=1S/C14H23N3/c1-11-10-16-8-7-13(11)17-9-5-4-6-14(17)12(2)15-3/h7-8,10,12,14-15H,4-6,9H2,1-3H3. The average molecular weight is 233 g/mol. The molecule has 1 N–H and O–H groups in total. The smallest absolute Gasteiger partial charge is 0.0440 e. The Morgan fingerprint density at radius 1 is 1.47 bits per heavy atom. The number of aryl methyl sites for hydroxylation is 1.